The van der Waals surface area contributed by atoms with Crippen LogP contribution in [0.5, 0.6) is 0 Å². The van der Waals surface area contributed by atoms with E-state index in [9.17, 15) is 52.7 Å². The van der Waals surface area contributed by atoms with Crippen LogP contribution in [0.1, 0.15) is 32.6 Å². The fourth-order valence-corrected chi connectivity index (χ4v) is 4.27. The molecule has 0 aromatic rings. The van der Waals surface area contributed by atoms with Crippen LogP contribution in [0.3, 0.4) is 0 Å². The van der Waals surface area contributed by atoms with Crippen LogP contribution in [0.2, 0.25) is 0 Å². The summed E-state index contributed by atoms with van der Waals surface area (Å²) in [4.78, 5) is 0. The van der Waals surface area contributed by atoms with Gasteiger partial charge in [0.05, 0.1) is 12.9 Å². The highest BCUT2D eigenvalue weighted by Crippen LogP contribution is 2.59. The molecule has 0 N–H and O–H groups in total. The van der Waals surface area contributed by atoms with Crippen molar-refractivity contribution in [2.24, 2.45) is 11.8 Å². The van der Waals surface area contributed by atoms with E-state index in [4.69, 9.17) is 0 Å². The lowest BCUT2D eigenvalue weighted by Gasteiger charge is -2.48. The van der Waals surface area contributed by atoms with E-state index in [1.807, 2.05) is 0 Å². The average molecular weight is 544 g/mol. The Labute approximate surface area is 192 Å². The van der Waals surface area contributed by atoms with Gasteiger partial charge < -0.3 is 18.9 Å². The van der Waals surface area contributed by atoms with Gasteiger partial charge in [-0.1, -0.05) is 6.58 Å². The van der Waals surface area contributed by atoms with Crippen molar-refractivity contribution in [1.82, 2.24) is 0 Å². The summed E-state index contributed by atoms with van der Waals surface area (Å²) in [6.45, 7) is 0.561. The monoisotopic (exact) mass is 544 g/mol. The van der Waals surface area contributed by atoms with Crippen molar-refractivity contribution in [2.75, 3.05) is 26.6 Å². The van der Waals surface area contributed by atoms with Crippen molar-refractivity contribution in [2.45, 2.75) is 68.5 Å². The third-order valence-corrected chi connectivity index (χ3v) is 5.78. The second-order valence-electron chi connectivity index (χ2n) is 7.65. The molecule has 35 heavy (non-hydrogen) atoms. The van der Waals surface area contributed by atoms with Gasteiger partial charge in [0.15, 0.2) is 0 Å². The van der Waals surface area contributed by atoms with Crippen molar-refractivity contribution in [3.05, 3.63) is 12.8 Å². The van der Waals surface area contributed by atoms with Gasteiger partial charge in [-0.2, -0.15) is 52.7 Å². The van der Waals surface area contributed by atoms with E-state index in [0.29, 0.717) is 0 Å². The highest BCUT2D eigenvalue weighted by atomic mass is 19.4. The lowest BCUT2D eigenvalue weighted by atomic mass is 9.67. The molecular weight excluding hydrogens is 520 g/mol. The lowest BCUT2D eigenvalue weighted by Crippen LogP contribution is -2.66. The van der Waals surface area contributed by atoms with Gasteiger partial charge in [-0.05, 0) is 32.6 Å². The smallest absolute Gasteiger partial charge is 0.426 e. The van der Waals surface area contributed by atoms with Gasteiger partial charge in [-0.25, -0.2) is 0 Å². The van der Waals surface area contributed by atoms with Gasteiger partial charge in [-0.3, -0.25) is 0 Å². The first-order valence-electron chi connectivity index (χ1n) is 10.2. The molecule has 208 valence electrons. The maximum Gasteiger partial charge on any atom is 0.426 e. The van der Waals surface area contributed by atoms with E-state index in [2.05, 4.69) is 25.5 Å². The van der Waals surface area contributed by atoms with E-state index in [-0.39, 0.29) is 6.61 Å². The summed E-state index contributed by atoms with van der Waals surface area (Å²) >= 11 is 0. The van der Waals surface area contributed by atoms with Crippen LogP contribution in [0.25, 0.3) is 0 Å². The summed E-state index contributed by atoms with van der Waals surface area (Å²) in [7, 11) is 0. The number of ether oxygens (including phenoxy) is 4. The summed E-state index contributed by atoms with van der Waals surface area (Å²) in [5.41, 5.74) is -9.68. The zero-order valence-electron chi connectivity index (χ0n) is 18.3. The molecule has 0 aromatic carbocycles. The van der Waals surface area contributed by atoms with Crippen LogP contribution >= 0.6 is 0 Å². The largest absolute Gasteiger partial charge is 0.499 e. The van der Waals surface area contributed by atoms with Crippen LogP contribution < -0.4 is 0 Å². The van der Waals surface area contributed by atoms with E-state index in [1.54, 1.807) is 0 Å². The molecule has 1 aliphatic carbocycles. The second-order valence-corrected chi connectivity index (χ2v) is 7.65. The Kier molecular flexibility index (Phi) is 10.2. The standard InChI is InChI=1S/C19H24F12O4/c1-3-32-9-10-34-14(16(20,21)22,17(23,24)25)12-5-7-13(8-6-12)15(18(26,27)28,19(29,30)31)35-11-33-4-2/h3,12-13H,1,4-11H2,2H3. The molecule has 0 spiro atoms. The molecular formula is C19H24F12O4. The first-order chi connectivity index (χ1) is 15.8. The number of hydrogen-bond acceptors (Lipinski definition) is 4. The Hall–Kier alpha value is -1.42. The summed E-state index contributed by atoms with van der Waals surface area (Å²) < 4.78 is 182. The van der Waals surface area contributed by atoms with E-state index >= 15 is 0 Å². The Morgan fingerprint density at radius 2 is 1.03 bits per heavy atom. The quantitative estimate of drug-likeness (QED) is 0.126. The summed E-state index contributed by atoms with van der Waals surface area (Å²) in [6.07, 6.45) is -28.9. The van der Waals surface area contributed by atoms with E-state index in [1.165, 1.54) is 6.92 Å². The van der Waals surface area contributed by atoms with Crippen LogP contribution in [0.4, 0.5) is 52.7 Å². The third-order valence-electron chi connectivity index (χ3n) is 5.78. The Morgan fingerprint density at radius 1 is 0.657 bits per heavy atom. The predicted molar refractivity (Wildman–Crippen MR) is 94.8 cm³/mol. The fraction of sp³-hybridized carbons (Fsp3) is 0.895. The van der Waals surface area contributed by atoms with Crippen LogP contribution in [-0.2, 0) is 18.9 Å². The normalized spacial score (nSPS) is 21.2. The minimum atomic E-state index is -6.09. The topological polar surface area (TPSA) is 36.9 Å². The van der Waals surface area contributed by atoms with E-state index < -0.39 is 93.4 Å². The number of halogens is 12. The molecule has 1 saturated carbocycles. The maximum atomic E-state index is 13.8. The molecule has 16 heteroatoms. The lowest BCUT2D eigenvalue weighted by molar-refractivity contribution is -0.418. The molecule has 1 aliphatic rings. The summed E-state index contributed by atoms with van der Waals surface area (Å²) in [6, 6.07) is 0. The zero-order chi connectivity index (χ0) is 27.3. The highest BCUT2D eigenvalue weighted by Gasteiger charge is 2.78. The number of rotatable bonds is 11. The molecule has 1 rings (SSSR count). The number of alkyl halides is 12. The Balaban J connectivity index is 3.37. The second kappa shape index (κ2) is 11.3. The predicted octanol–water partition coefficient (Wildman–Crippen LogP) is 6.71. The molecule has 0 saturated heterocycles. The van der Waals surface area contributed by atoms with Crippen molar-refractivity contribution >= 4 is 0 Å². The Bertz CT molecular complexity index is 633. The van der Waals surface area contributed by atoms with Crippen LogP contribution in [0.15, 0.2) is 12.8 Å². The maximum absolute atomic E-state index is 13.8. The molecule has 0 radical (unpaired) electrons. The first kappa shape index (κ1) is 31.6. The molecule has 0 heterocycles. The van der Waals surface area contributed by atoms with Gasteiger partial charge in [0.1, 0.15) is 13.4 Å². The molecule has 0 amide bonds. The minimum Gasteiger partial charge on any atom is -0.499 e. The fourth-order valence-electron chi connectivity index (χ4n) is 4.27. The third kappa shape index (κ3) is 6.29. The first-order valence-corrected chi connectivity index (χ1v) is 10.2. The molecule has 1 fully saturated rings. The zero-order valence-corrected chi connectivity index (χ0v) is 18.3. The van der Waals surface area contributed by atoms with Crippen LogP contribution in [-0.4, -0.2) is 62.5 Å². The van der Waals surface area contributed by atoms with Gasteiger partial charge in [0.25, 0.3) is 11.2 Å². The van der Waals surface area contributed by atoms with Gasteiger partial charge in [0, 0.05) is 18.4 Å². The van der Waals surface area contributed by atoms with Gasteiger partial charge >= 0.3 is 24.7 Å². The molecule has 0 aromatic heterocycles. The van der Waals surface area contributed by atoms with Gasteiger partial charge in [0.2, 0.25) is 0 Å². The van der Waals surface area contributed by atoms with Crippen molar-refractivity contribution in [3.8, 4) is 0 Å². The van der Waals surface area contributed by atoms with E-state index in [0.717, 1.165) is 6.26 Å². The Morgan fingerprint density at radius 3 is 1.34 bits per heavy atom. The molecule has 0 bridgehead atoms. The molecule has 4 nitrogen and oxygen atoms in total. The highest BCUT2D eigenvalue weighted by molar-refractivity contribution is 5.07. The van der Waals surface area contributed by atoms with Crippen molar-refractivity contribution in [1.29, 1.82) is 0 Å². The van der Waals surface area contributed by atoms with Gasteiger partial charge in [-0.15, -0.1) is 0 Å². The minimum absolute atomic E-state index is 0.314. The summed E-state index contributed by atoms with van der Waals surface area (Å²) in [5.74, 6) is -5.05. The average Bonchev–Trinajstić information content (AvgIpc) is 2.68. The SMILES string of the molecule is C=COCCOC(C1CCC(C(OCOCC)(C(F)(F)F)C(F)(F)F)CC1)(C(F)(F)F)C(F)(F)F. The molecule has 0 atom stereocenters. The number of hydrogen-bond donors (Lipinski definition) is 0. The van der Waals surface area contributed by atoms with Crippen molar-refractivity contribution in [3.63, 3.8) is 0 Å². The molecule has 0 aliphatic heterocycles. The summed E-state index contributed by atoms with van der Waals surface area (Å²) in [5, 5.41) is 0. The van der Waals surface area contributed by atoms with Crippen LogP contribution in [0, 0.1) is 11.8 Å². The molecule has 0 unspecified atom stereocenters. The van der Waals surface area contributed by atoms with Crippen molar-refractivity contribution < 1.29 is 71.6 Å².